The molecule has 1 rings (SSSR count). The molecule has 0 atom stereocenters. The first kappa shape index (κ1) is 11.5. The molecule has 0 saturated heterocycles. The van der Waals surface area contributed by atoms with Crippen molar-refractivity contribution in [1.82, 2.24) is 0 Å². The molecule has 0 spiro atoms. The maximum atomic E-state index is 12.1. The van der Waals surface area contributed by atoms with Crippen molar-refractivity contribution in [3.63, 3.8) is 0 Å². The Bertz CT molecular complexity index is 357. The van der Waals surface area contributed by atoms with Crippen LogP contribution in [-0.2, 0) is 0 Å². The van der Waals surface area contributed by atoms with Gasteiger partial charge in [-0.25, -0.2) is 4.99 Å². The van der Waals surface area contributed by atoms with Gasteiger partial charge in [-0.05, 0) is 47.2 Å². The van der Waals surface area contributed by atoms with E-state index in [0.717, 1.165) is 5.56 Å². The SMILES string of the molecule is Cc1cccc(N=C(I)C(F)(F)F)c1. The van der Waals surface area contributed by atoms with Crippen LogP contribution in [0, 0.1) is 6.92 Å². The molecule has 1 aromatic rings. The second-order valence-electron chi connectivity index (χ2n) is 2.74. The number of benzene rings is 1. The zero-order valence-corrected chi connectivity index (χ0v) is 9.43. The summed E-state index contributed by atoms with van der Waals surface area (Å²) >= 11 is 1.19. The summed E-state index contributed by atoms with van der Waals surface area (Å²) in [7, 11) is 0. The van der Waals surface area contributed by atoms with Crippen LogP contribution >= 0.6 is 22.6 Å². The summed E-state index contributed by atoms with van der Waals surface area (Å²) in [5.41, 5.74) is 1.21. The molecule has 0 unspecified atom stereocenters. The summed E-state index contributed by atoms with van der Waals surface area (Å²) in [5, 5.41) is 0. The first-order valence-electron chi connectivity index (χ1n) is 3.77. The fourth-order valence-corrected chi connectivity index (χ4v) is 1.15. The zero-order chi connectivity index (χ0) is 10.8. The average molecular weight is 313 g/mol. The van der Waals surface area contributed by atoms with Gasteiger partial charge in [-0.3, -0.25) is 0 Å². The van der Waals surface area contributed by atoms with Crippen LogP contribution in [-0.4, -0.2) is 9.89 Å². The summed E-state index contributed by atoms with van der Waals surface area (Å²) in [6, 6.07) is 6.62. The molecular weight excluding hydrogens is 306 g/mol. The molecule has 1 nitrogen and oxygen atoms in total. The monoisotopic (exact) mass is 313 g/mol. The molecule has 0 bridgehead atoms. The molecule has 0 radical (unpaired) electrons. The smallest absolute Gasteiger partial charge is 0.238 e. The Morgan fingerprint density at radius 3 is 2.50 bits per heavy atom. The van der Waals surface area contributed by atoms with Gasteiger partial charge in [-0.1, -0.05) is 12.1 Å². The van der Waals surface area contributed by atoms with Gasteiger partial charge in [0.1, 0.15) is 0 Å². The van der Waals surface area contributed by atoms with E-state index in [1.54, 1.807) is 25.1 Å². The molecule has 0 fully saturated rings. The lowest BCUT2D eigenvalue weighted by Crippen LogP contribution is -2.15. The zero-order valence-electron chi connectivity index (χ0n) is 7.27. The maximum Gasteiger partial charge on any atom is 0.439 e. The summed E-state index contributed by atoms with van der Waals surface area (Å²) < 4.78 is 35.4. The van der Waals surface area contributed by atoms with Crippen LogP contribution in [0.3, 0.4) is 0 Å². The van der Waals surface area contributed by atoms with Gasteiger partial charge in [-0.2, -0.15) is 13.2 Å². The number of alkyl halides is 3. The normalized spacial score (nSPS) is 13.1. The summed E-state index contributed by atoms with van der Waals surface area (Å²) in [6.07, 6.45) is -4.36. The maximum absolute atomic E-state index is 12.1. The van der Waals surface area contributed by atoms with E-state index in [-0.39, 0.29) is 0 Å². The highest BCUT2D eigenvalue weighted by molar-refractivity contribution is 14.1. The van der Waals surface area contributed by atoms with Crippen molar-refractivity contribution in [3.05, 3.63) is 29.8 Å². The minimum Gasteiger partial charge on any atom is -0.238 e. The third-order valence-corrected chi connectivity index (χ3v) is 2.32. The van der Waals surface area contributed by atoms with E-state index in [9.17, 15) is 13.2 Å². The van der Waals surface area contributed by atoms with Crippen molar-refractivity contribution < 1.29 is 13.2 Å². The topological polar surface area (TPSA) is 12.4 Å². The Labute approximate surface area is 93.2 Å². The second kappa shape index (κ2) is 4.29. The van der Waals surface area contributed by atoms with Gasteiger partial charge in [0.25, 0.3) is 0 Å². The molecule has 0 aliphatic heterocycles. The Morgan fingerprint density at radius 1 is 1.36 bits per heavy atom. The first-order chi connectivity index (χ1) is 6.39. The Morgan fingerprint density at radius 2 is 2.00 bits per heavy atom. The van der Waals surface area contributed by atoms with Crippen molar-refractivity contribution in [3.8, 4) is 0 Å². The van der Waals surface area contributed by atoms with Crippen LogP contribution in [0.1, 0.15) is 5.56 Å². The Kier molecular flexibility index (Phi) is 3.52. The van der Waals surface area contributed by atoms with Crippen molar-refractivity contribution in [2.45, 2.75) is 13.1 Å². The number of halogens is 4. The van der Waals surface area contributed by atoms with Crippen molar-refractivity contribution >= 4 is 32.0 Å². The van der Waals surface area contributed by atoms with E-state index >= 15 is 0 Å². The highest BCUT2D eigenvalue weighted by atomic mass is 127. The van der Waals surface area contributed by atoms with Gasteiger partial charge in [0.2, 0.25) is 0 Å². The minimum absolute atomic E-state index is 0.326. The quantitative estimate of drug-likeness (QED) is 0.548. The molecule has 0 aliphatic rings. The fraction of sp³-hybridized carbons (Fsp3) is 0.222. The largest absolute Gasteiger partial charge is 0.439 e. The molecular formula is C9H7F3IN. The van der Waals surface area contributed by atoms with E-state index in [1.165, 1.54) is 28.7 Å². The standard InChI is InChI=1S/C9H7F3IN/c1-6-3-2-4-7(5-6)14-8(13)9(10,11)12/h2-5H,1H3. The van der Waals surface area contributed by atoms with Crippen LogP contribution < -0.4 is 0 Å². The van der Waals surface area contributed by atoms with Crippen LogP contribution in [0.15, 0.2) is 29.3 Å². The average Bonchev–Trinajstić information content (AvgIpc) is 2.02. The van der Waals surface area contributed by atoms with Crippen molar-refractivity contribution in [2.75, 3.05) is 0 Å². The third-order valence-electron chi connectivity index (χ3n) is 1.46. The van der Waals surface area contributed by atoms with Crippen LogP contribution in [0.25, 0.3) is 0 Å². The van der Waals surface area contributed by atoms with Gasteiger partial charge >= 0.3 is 6.18 Å². The Hall–Kier alpha value is -0.590. The summed E-state index contributed by atoms with van der Waals surface area (Å²) in [6.45, 7) is 1.81. The highest BCUT2D eigenvalue weighted by Gasteiger charge is 2.33. The van der Waals surface area contributed by atoms with Crippen LogP contribution in [0.2, 0.25) is 0 Å². The second-order valence-corrected chi connectivity index (χ2v) is 3.76. The van der Waals surface area contributed by atoms with Gasteiger partial charge in [-0.15, -0.1) is 0 Å². The summed E-state index contributed by atoms with van der Waals surface area (Å²) in [4.78, 5) is 3.47. The fourth-order valence-electron chi connectivity index (χ4n) is 0.874. The van der Waals surface area contributed by atoms with E-state index in [2.05, 4.69) is 4.99 Å². The lowest BCUT2D eigenvalue weighted by Gasteiger charge is -2.03. The third kappa shape index (κ3) is 3.28. The van der Waals surface area contributed by atoms with Crippen molar-refractivity contribution in [2.24, 2.45) is 4.99 Å². The van der Waals surface area contributed by atoms with Gasteiger partial charge in [0.15, 0.2) is 3.72 Å². The molecule has 1 aromatic carbocycles. The van der Waals surface area contributed by atoms with E-state index in [0.29, 0.717) is 5.69 Å². The van der Waals surface area contributed by atoms with E-state index in [4.69, 9.17) is 0 Å². The summed E-state index contributed by atoms with van der Waals surface area (Å²) in [5.74, 6) is 0. The minimum atomic E-state index is -4.36. The van der Waals surface area contributed by atoms with E-state index in [1.807, 2.05) is 0 Å². The van der Waals surface area contributed by atoms with Crippen molar-refractivity contribution in [1.29, 1.82) is 0 Å². The first-order valence-corrected chi connectivity index (χ1v) is 4.85. The number of rotatable bonds is 1. The number of hydrogen-bond donors (Lipinski definition) is 0. The number of hydrogen-bond acceptors (Lipinski definition) is 1. The van der Waals surface area contributed by atoms with Gasteiger partial charge in [0, 0.05) is 0 Å². The number of nitrogens with zero attached hydrogens (tertiary/aromatic N) is 1. The van der Waals surface area contributed by atoms with Crippen LogP contribution in [0.4, 0.5) is 18.9 Å². The van der Waals surface area contributed by atoms with Gasteiger partial charge < -0.3 is 0 Å². The predicted molar refractivity (Wildman–Crippen MR) is 58.3 cm³/mol. The molecule has 0 aromatic heterocycles. The number of aryl methyl sites for hydroxylation is 1. The molecule has 0 amide bonds. The highest BCUT2D eigenvalue weighted by Crippen LogP contribution is 2.25. The number of aliphatic imine (C=N–C) groups is 1. The van der Waals surface area contributed by atoms with Gasteiger partial charge in [0.05, 0.1) is 5.69 Å². The predicted octanol–water partition coefficient (Wildman–Crippen LogP) is 4.02. The lowest BCUT2D eigenvalue weighted by atomic mass is 10.2. The molecule has 0 heterocycles. The molecule has 5 heteroatoms. The molecule has 0 saturated carbocycles. The molecule has 76 valence electrons. The molecule has 0 aliphatic carbocycles. The Balaban J connectivity index is 2.98. The molecule has 14 heavy (non-hydrogen) atoms. The van der Waals surface area contributed by atoms with Crippen LogP contribution in [0.5, 0.6) is 0 Å². The van der Waals surface area contributed by atoms with E-state index < -0.39 is 9.89 Å². The lowest BCUT2D eigenvalue weighted by molar-refractivity contribution is -0.0544. The molecule has 0 N–H and O–H groups in total.